The van der Waals surface area contributed by atoms with Gasteiger partial charge < -0.3 is 19.3 Å². The third kappa shape index (κ3) is 3.63. The monoisotopic (exact) mass is 408 g/mol. The quantitative estimate of drug-likeness (QED) is 0.725. The molecule has 2 heterocycles. The standard InChI is InChI=1S/C23H24N2O5/c1-29-19-9-7-18(8-10-19)24-14-17(12-21(24)26)22(27)25-13-16-6-4-3-5-15(16)11-20(25)23(28)30-2/h3-10,17,20H,11-14H2,1-2H3/t17-,20+/m0/s1. The number of esters is 1. The summed E-state index contributed by atoms with van der Waals surface area (Å²) in [5.74, 6) is -0.535. The smallest absolute Gasteiger partial charge is 0.328 e. The number of ether oxygens (including phenoxy) is 2. The van der Waals surface area contributed by atoms with Crippen LogP contribution in [0, 0.1) is 5.92 Å². The molecule has 156 valence electrons. The molecule has 7 nitrogen and oxygen atoms in total. The van der Waals surface area contributed by atoms with Crippen molar-refractivity contribution in [3.8, 4) is 5.75 Å². The average molecular weight is 408 g/mol. The number of hydrogen-bond donors (Lipinski definition) is 0. The maximum Gasteiger partial charge on any atom is 0.328 e. The van der Waals surface area contributed by atoms with Gasteiger partial charge in [0.1, 0.15) is 11.8 Å². The van der Waals surface area contributed by atoms with Gasteiger partial charge in [0.05, 0.1) is 20.1 Å². The van der Waals surface area contributed by atoms with Crippen LogP contribution in [0.1, 0.15) is 17.5 Å². The number of amides is 2. The number of rotatable bonds is 4. The maximum absolute atomic E-state index is 13.4. The average Bonchev–Trinajstić information content (AvgIpc) is 3.18. The summed E-state index contributed by atoms with van der Waals surface area (Å²) in [5.41, 5.74) is 2.78. The highest BCUT2D eigenvalue weighted by atomic mass is 16.5. The normalized spacial score (nSPS) is 20.7. The van der Waals surface area contributed by atoms with Gasteiger partial charge in [-0.2, -0.15) is 0 Å². The minimum Gasteiger partial charge on any atom is -0.497 e. The first-order valence-electron chi connectivity index (χ1n) is 9.91. The molecule has 0 N–H and O–H groups in total. The van der Waals surface area contributed by atoms with Crippen LogP contribution in [-0.4, -0.2) is 49.5 Å². The van der Waals surface area contributed by atoms with Crippen LogP contribution in [0.2, 0.25) is 0 Å². The zero-order valence-corrected chi connectivity index (χ0v) is 17.0. The third-order valence-corrected chi connectivity index (χ3v) is 5.86. The Morgan fingerprint density at radius 1 is 0.967 bits per heavy atom. The number of carbonyl (C=O) groups is 3. The summed E-state index contributed by atoms with van der Waals surface area (Å²) in [6.45, 7) is 0.623. The first-order chi connectivity index (χ1) is 14.5. The Labute approximate surface area is 175 Å². The van der Waals surface area contributed by atoms with Crippen molar-refractivity contribution in [3.05, 3.63) is 59.7 Å². The van der Waals surface area contributed by atoms with Crippen molar-refractivity contribution >= 4 is 23.5 Å². The molecule has 2 aliphatic rings. The van der Waals surface area contributed by atoms with Crippen LogP contribution >= 0.6 is 0 Å². The van der Waals surface area contributed by atoms with Crippen LogP contribution in [0.5, 0.6) is 5.75 Å². The number of hydrogen-bond acceptors (Lipinski definition) is 5. The molecule has 0 spiro atoms. The molecule has 4 rings (SSSR count). The predicted octanol–water partition coefficient (Wildman–Crippen LogP) is 2.17. The Bertz CT molecular complexity index is 972. The number of fused-ring (bicyclic) bond motifs is 1. The largest absolute Gasteiger partial charge is 0.497 e. The van der Waals surface area contributed by atoms with Crippen molar-refractivity contribution in [3.63, 3.8) is 0 Å². The Balaban J connectivity index is 1.55. The minimum atomic E-state index is -0.678. The topological polar surface area (TPSA) is 76.2 Å². The SMILES string of the molecule is COC(=O)[C@H]1Cc2ccccc2CN1C(=O)[C@H]1CC(=O)N(c2ccc(OC)cc2)C1. The molecule has 2 atom stereocenters. The van der Waals surface area contributed by atoms with Gasteiger partial charge in [-0.25, -0.2) is 4.79 Å². The summed E-state index contributed by atoms with van der Waals surface area (Å²) < 4.78 is 10.1. The molecule has 0 aliphatic carbocycles. The van der Waals surface area contributed by atoms with Gasteiger partial charge in [-0.05, 0) is 35.4 Å². The van der Waals surface area contributed by atoms with E-state index in [0.717, 1.165) is 16.8 Å². The van der Waals surface area contributed by atoms with Crippen LogP contribution in [0.25, 0.3) is 0 Å². The Kier molecular flexibility index (Phi) is 5.44. The van der Waals surface area contributed by atoms with Gasteiger partial charge in [-0.15, -0.1) is 0 Å². The van der Waals surface area contributed by atoms with Gasteiger partial charge in [-0.1, -0.05) is 24.3 Å². The second kappa shape index (κ2) is 8.18. The van der Waals surface area contributed by atoms with Crippen LogP contribution < -0.4 is 9.64 Å². The highest BCUT2D eigenvalue weighted by molar-refractivity contribution is 6.01. The molecule has 0 unspecified atom stereocenters. The maximum atomic E-state index is 13.4. The van der Waals surface area contributed by atoms with Gasteiger partial charge in [0, 0.05) is 31.6 Å². The lowest BCUT2D eigenvalue weighted by Crippen LogP contribution is -2.51. The number of anilines is 1. The van der Waals surface area contributed by atoms with E-state index in [1.54, 1.807) is 41.2 Å². The summed E-state index contributed by atoms with van der Waals surface area (Å²) in [6, 6.07) is 14.3. The summed E-state index contributed by atoms with van der Waals surface area (Å²) in [5, 5.41) is 0. The lowest BCUT2D eigenvalue weighted by molar-refractivity contribution is -0.155. The van der Waals surface area contributed by atoms with Crippen molar-refractivity contribution < 1.29 is 23.9 Å². The Morgan fingerprint density at radius 2 is 1.67 bits per heavy atom. The molecule has 1 fully saturated rings. The van der Waals surface area contributed by atoms with Crippen LogP contribution in [-0.2, 0) is 32.1 Å². The first kappa shape index (κ1) is 19.9. The van der Waals surface area contributed by atoms with Gasteiger partial charge >= 0.3 is 5.97 Å². The number of methoxy groups -OCH3 is 2. The fourth-order valence-electron chi connectivity index (χ4n) is 4.22. The van der Waals surface area contributed by atoms with Crippen LogP contribution in [0.15, 0.2) is 48.5 Å². The molecule has 2 aromatic rings. The summed E-state index contributed by atoms with van der Waals surface area (Å²) in [4.78, 5) is 41.6. The fourth-order valence-corrected chi connectivity index (χ4v) is 4.22. The first-order valence-corrected chi connectivity index (χ1v) is 9.91. The highest BCUT2D eigenvalue weighted by Gasteiger charge is 2.42. The van der Waals surface area contributed by atoms with Crippen molar-refractivity contribution in [1.82, 2.24) is 4.90 Å². The van der Waals surface area contributed by atoms with Crippen molar-refractivity contribution in [2.24, 2.45) is 5.92 Å². The van der Waals surface area contributed by atoms with E-state index in [-0.39, 0.29) is 24.8 Å². The molecule has 1 saturated heterocycles. The van der Waals surface area contributed by atoms with E-state index in [1.165, 1.54) is 7.11 Å². The summed E-state index contributed by atoms with van der Waals surface area (Å²) in [7, 11) is 2.91. The molecule has 2 aromatic carbocycles. The van der Waals surface area contributed by atoms with Crippen molar-refractivity contribution in [2.45, 2.75) is 25.4 Å². The zero-order chi connectivity index (χ0) is 21.3. The number of benzene rings is 2. The lowest BCUT2D eigenvalue weighted by Gasteiger charge is -2.36. The van der Waals surface area contributed by atoms with Gasteiger partial charge in [0.15, 0.2) is 0 Å². The number of nitrogens with zero attached hydrogens (tertiary/aromatic N) is 2. The van der Waals surface area contributed by atoms with E-state index in [1.807, 2.05) is 24.3 Å². The van der Waals surface area contributed by atoms with Crippen LogP contribution in [0.4, 0.5) is 5.69 Å². The Morgan fingerprint density at radius 3 is 2.33 bits per heavy atom. The summed E-state index contributed by atoms with van der Waals surface area (Å²) >= 11 is 0. The van der Waals surface area contributed by atoms with Gasteiger partial charge in [0.2, 0.25) is 11.8 Å². The molecule has 0 radical (unpaired) electrons. The molecule has 2 aliphatic heterocycles. The van der Waals surface area contributed by atoms with Crippen LogP contribution in [0.3, 0.4) is 0 Å². The molecule has 2 amide bonds. The van der Waals surface area contributed by atoms with Gasteiger partial charge in [-0.3, -0.25) is 9.59 Å². The second-order valence-corrected chi connectivity index (χ2v) is 7.58. The van der Waals surface area contributed by atoms with Gasteiger partial charge in [0.25, 0.3) is 0 Å². The predicted molar refractivity (Wildman–Crippen MR) is 110 cm³/mol. The molecular formula is C23H24N2O5. The van der Waals surface area contributed by atoms with E-state index in [2.05, 4.69) is 0 Å². The third-order valence-electron chi connectivity index (χ3n) is 5.86. The van der Waals surface area contributed by atoms with E-state index >= 15 is 0 Å². The van der Waals surface area contributed by atoms with E-state index in [4.69, 9.17) is 9.47 Å². The van der Waals surface area contributed by atoms with Crippen molar-refractivity contribution in [1.29, 1.82) is 0 Å². The van der Waals surface area contributed by atoms with E-state index < -0.39 is 17.9 Å². The zero-order valence-electron chi connectivity index (χ0n) is 17.0. The highest BCUT2D eigenvalue weighted by Crippen LogP contribution is 2.31. The number of carbonyl (C=O) groups excluding carboxylic acids is 3. The lowest BCUT2D eigenvalue weighted by atomic mass is 9.92. The minimum absolute atomic E-state index is 0.106. The summed E-state index contributed by atoms with van der Waals surface area (Å²) in [6.07, 6.45) is 0.536. The molecule has 7 heteroatoms. The molecule has 30 heavy (non-hydrogen) atoms. The molecular weight excluding hydrogens is 384 g/mol. The fraction of sp³-hybridized carbons (Fsp3) is 0.348. The van der Waals surface area contributed by atoms with E-state index in [0.29, 0.717) is 18.7 Å². The molecule has 0 saturated carbocycles. The molecule has 0 aromatic heterocycles. The second-order valence-electron chi connectivity index (χ2n) is 7.58. The van der Waals surface area contributed by atoms with E-state index in [9.17, 15) is 14.4 Å². The molecule has 0 bridgehead atoms. The van der Waals surface area contributed by atoms with Crippen molar-refractivity contribution in [2.75, 3.05) is 25.7 Å². The Hall–Kier alpha value is -3.35.